The van der Waals surface area contributed by atoms with Crippen molar-refractivity contribution in [2.24, 2.45) is 0 Å². The molecule has 21 heavy (non-hydrogen) atoms. The Balaban J connectivity index is 3.26. The molecule has 1 aromatic carbocycles. The number of carbonyl (C=O) groups is 1. The molecule has 0 spiro atoms. The van der Waals surface area contributed by atoms with Crippen LogP contribution in [0.3, 0.4) is 0 Å². The van der Waals surface area contributed by atoms with Crippen LogP contribution < -0.4 is 4.74 Å². The maximum atomic E-state index is 12.9. The first-order valence-corrected chi connectivity index (χ1v) is 6.85. The molecule has 0 aliphatic heterocycles. The van der Waals surface area contributed by atoms with E-state index < -0.39 is 29.9 Å². The van der Waals surface area contributed by atoms with Gasteiger partial charge in [0.15, 0.2) is 6.29 Å². The Kier molecular flexibility index (Phi) is 5.10. The van der Waals surface area contributed by atoms with Crippen LogP contribution in [0, 0.1) is 0 Å². The molecule has 1 rings (SSSR count). The molecule has 118 valence electrons. The maximum Gasteiger partial charge on any atom is 0.424 e. The van der Waals surface area contributed by atoms with E-state index in [4.69, 9.17) is 4.74 Å². The summed E-state index contributed by atoms with van der Waals surface area (Å²) in [6, 6.07) is 4.88. The van der Waals surface area contributed by atoms with Crippen molar-refractivity contribution in [1.82, 2.24) is 0 Å². The maximum absolute atomic E-state index is 12.9. The van der Waals surface area contributed by atoms with Gasteiger partial charge in [0.1, 0.15) is 5.75 Å². The first-order valence-electron chi connectivity index (χ1n) is 6.06. The molecule has 1 aromatic rings. The van der Waals surface area contributed by atoms with Crippen LogP contribution in [0.2, 0.25) is 0 Å². The predicted octanol–water partition coefficient (Wildman–Crippen LogP) is 3.62. The molecule has 0 fully saturated rings. The van der Waals surface area contributed by atoms with E-state index in [1.165, 1.54) is 21.0 Å². The minimum absolute atomic E-state index is 0.379. The van der Waals surface area contributed by atoms with Crippen LogP contribution >= 0.6 is 15.9 Å². The minimum atomic E-state index is -5.03. The van der Waals surface area contributed by atoms with Gasteiger partial charge in [-0.25, -0.2) is 0 Å². The zero-order valence-electron chi connectivity index (χ0n) is 11.8. The van der Waals surface area contributed by atoms with E-state index in [9.17, 15) is 23.1 Å². The Bertz CT molecular complexity index is 529. The monoisotopic (exact) mass is 368 g/mol. The third-order valence-corrected chi connectivity index (χ3v) is 3.78. The van der Waals surface area contributed by atoms with Gasteiger partial charge >= 0.3 is 6.18 Å². The molecule has 0 saturated carbocycles. The molecule has 0 radical (unpaired) electrons. The van der Waals surface area contributed by atoms with Crippen molar-refractivity contribution in [3.63, 3.8) is 0 Å². The van der Waals surface area contributed by atoms with E-state index in [1.807, 2.05) is 0 Å². The first kappa shape index (κ1) is 18.0. The second-order valence-electron chi connectivity index (χ2n) is 5.45. The van der Waals surface area contributed by atoms with Crippen LogP contribution in [-0.4, -0.2) is 30.3 Å². The summed E-state index contributed by atoms with van der Waals surface area (Å²) in [6.07, 6.45) is -6.29. The van der Waals surface area contributed by atoms with Gasteiger partial charge in [-0.1, -0.05) is 35.8 Å². The summed E-state index contributed by atoms with van der Waals surface area (Å²) >= 11 is 3.25. The third-order valence-electron chi connectivity index (χ3n) is 3.29. The van der Waals surface area contributed by atoms with E-state index in [0.717, 1.165) is 0 Å². The van der Waals surface area contributed by atoms with E-state index in [2.05, 4.69) is 15.9 Å². The smallest absolute Gasteiger partial charge is 0.424 e. The summed E-state index contributed by atoms with van der Waals surface area (Å²) in [6.45, 7) is 3.03. The molecular formula is C14H16BrF3O3. The van der Waals surface area contributed by atoms with Crippen molar-refractivity contribution in [2.75, 3.05) is 7.11 Å². The fraction of sp³-hybridized carbons (Fsp3) is 0.500. The first-order chi connectivity index (χ1) is 9.47. The fourth-order valence-electron chi connectivity index (χ4n) is 2.20. The van der Waals surface area contributed by atoms with Crippen LogP contribution in [0.1, 0.15) is 25.8 Å². The van der Waals surface area contributed by atoms with Crippen LogP contribution in [0.25, 0.3) is 0 Å². The molecule has 0 aromatic heterocycles. The summed E-state index contributed by atoms with van der Waals surface area (Å²) in [5, 5.41) is 9.63. The largest absolute Gasteiger partial charge is 0.496 e. The number of carbonyl (C=O) groups excluding carboxylic acids is 1. The Morgan fingerprint density at radius 2 is 1.90 bits per heavy atom. The summed E-state index contributed by atoms with van der Waals surface area (Å²) in [5.41, 5.74) is -4.05. The number of alkyl halides is 3. The fourth-order valence-corrected chi connectivity index (χ4v) is 2.54. The van der Waals surface area contributed by atoms with E-state index in [0.29, 0.717) is 15.8 Å². The Morgan fingerprint density at radius 1 is 1.33 bits per heavy atom. The standard InChI is InChI=1S/C14H16BrF3O3/c1-12(2,7-13(20,8-19)14(16,17)18)10-5-4-9(15)6-11(10)21-3/h4-6,8,20H,7H2,1-3H3. The number of rotatable bonds is 5. The molecule has 1 N–H and O–H groups in total. The van der Waals surface area contributed by atoms with Gasteiger partial charge in [0.2, 0.25) is 5.60 Å². The lowest BCUT2D eigenvalue weighted by molar-refractivity contribution is -0.250. The van der Waals surface area contributed by atoms with E-state index in [-0.39, 0.29) is 0 Å². The quantitative estimate of drug-likeness (QED) is 0.807. The van der Waals surface area contributed by atoms with Crippen molar-refractivity contribution < 1.29 is 27.8 Å². The highest BCUT2D eigenvalue weighted by molar-refractivity contribution is 9.10. The Morgan fingerprint density at radius 3 is 2.33 bits per heavy atom. The molecule has 0 bridgehead atoms. The zero-order chi connectivity index (χ0) is 16.5. The SMILES string of the molecule is COc1cc(Br)ccc1C(C)(C)CC(O)(C=O)C(F)(F)F. The summed E-state index contributed by atoms with van der Waals surface area (Å²) in [7, 11) is 1.40. The highest BCUT2D eigenvalue weighted by Gasteiger charge is 2.56. The predicted molar refractivity (Wildman–Crippen MR) is 75.4 cm³/mol. The molecule has 0 amide bonds. The molecule has 3 nitrogen and oxygen atoms in total. The van der Waals surface area contributed by atoms with E-state index >= 15 is 0 Å². The minimum Gasteiger partial charge on any atom is -0.496 e. The highest BCUT2D eigenvalue weighted by atomic mass is 79.9. The Hall–Kier alpha value is -1.08. The van der Waals surface area contributed by atoms with Gasteiger partial charge in [-0.05, 0) is 23.1 Å². The van der Waals surface area contributed by atoms with E-state index in [1.54, 1.807) is 18.2 Å². The van der Waals surface area contributed by atoms with Gasteiger partial charge in [0, 0.05) is 10.9 Å². The van der Waals surface area contributed by atoms with Crippen molar-refractivity contribution in [2.45, 2.75) is 37.5 Å². The summed E-state index contributed by atoms with van der Waals surface area (Å²) < 4.78 is 44.5. The number of aliphatic hydroxyl groups is 1. The Labute approximate surface area is 129 Å². The van der Waals surface area contributed by atoms with Crippen molar-refractivity contribution >= 4 is 22.2 Å². The van der Waals surface area contributed by atoms with Gasteiger partial charge < -0.3 is 9.84 Å². The van der Waals surface area contributed by atoms with Crippen LogP contribution in [-0.2, 0) is 10.2 Å². The van der Waals surface area contributed by atoms with Gasteiger partial charge in [0.25, 0.3) is 0 Å². The average Bonchev–Trinajstić information content (AvgIpc) is 2.36. The highest BCUT2D eigenvalue weighted by Crippen LogP contribution is 2.43. The van der Waals surface area contributed by atoms with Gasteiger partial charge in [-0.3, -0.25) is 4.79 Å². The van der Waals surface area contributed by atoms with Gasteiger partial charge in [-0.15, -0.1) is 0 Å². The van der Waals surface area contributed by atoms with Gasteiger partial charge in [-0.2, -0.15) is 13.2 Å². The van der Waals surface area contributed by atoms with Crippen LogP contribution in [0.15, 0.2) is 22.7 Å². The van der Waals surface area contributed by atoms with Crippen molar-refractivity contribution in [3.05, 3.63) is 28.2 Å². The number of hydrogen-bond acceptors (Lipinski definition) is 3. The number of hydrogen-bond donors (Lipinski definition) is 1. The molecule has 0 aliphatic rings. The molecule has 1 atom stereocenters. The molecule has 7 heteroatoms. The number of benzene rings is 1. The molecule has 0 aliphatic carbocycles. The lowest BCUT2D eigenvalue weighted by atomic mass is 9.75. The van der Waals surface area contributed by atoms with Gasteiger partial charge in [0.05, 0.1) is 7.11 Å². The number of aldehydes is 1. The number of halogens is 4. The lowest BCUT2D eigenvalue weighted by Crippen LogP contribution is -2.50. The summed E-state index contributed by atoms with van der Waals surface area (Å²) in [4.78, 5) is 10.8. The normalized spacial score (nSPS) is 15.4. The molecule has 1 unspecified atom stereocenters. The van der Waals surface area contributed by atoms with Crippen molar-refractivity contribution in [3.8, 4) is 5.75 Å². The van der Waals surface area contributed by atoms with Crippen LogP contribution in [0.5, 0.6) is 5.75 Å². The van der Waals surface area contributed by atoms with Crippen molar-refractivity contribution in [1.29, 1.82) is 0 Å². The molecular weight excluding hydrogens is 353 g/mol. The van der Waals surface area contributed by atoms with Crippen LogP contribution in [0.4, 0.5) is 13.2 Å². The molecule has 0 saturated heterocycles. The second-order valence-corrected chi connectivity index (χ2v) is 6.36. The number of methoxy groups -OCH3 is 1. The molecule has 0 heterocycles. The summed E-state index contributed by atoms with van der Waals surface area (Å²) in [5.74, 6) is 0.379. The third kappa shape index (κ3) is 3.77. The zero-order valence-corrected chi connectivity index (χ0v) is 13.4. The topological polar surface area (TPSA) is 46.5 Å². The lowest BCUT2D eigenvalue weighted by Gasteiger charge is -2.35. The number of ether oxygens (including phenoxy) is 1. The average molecular weight is 369 g/mol. The second kappa shape index (κ2) is 5.96.